The van der Waals surface area contributed by atoms with E-state index in [0.29, 0.717) is 12.2 Å². The topological polar surface area (TPSA) is 52.6 Å². The van der Waals surface area contributed by atoms with Gasteiger partial charge in [0.05, 0.1) is 19.1 Å². The maximum atomic E-state index is 11.7. The predicted molar refractivity (Wildman–Crippen MR) is 67.4 cm³/mol. The van der Waals surface area contributed by atoms with Gasteiger partial charge in [-0.05, 0) is 13.8 Å². The second-order valence-electron chi connectivity index (χ2n) is 3.92. The summed E-state index contributed by atoms with van der Waals surface area (Å²) in [6.07, 6.45) is -0.160. The smallest absolute Gasteiger partial charge is 0.308 e. The van der Waals surface area contributed by atoms with E-state index in [1.807, 2.05) is 6.07 Å². The Kier molecular flexibility index (Phi) is 6.08. The Morgan fingerprint density at radius 3 is 2.50 bits per heavy atom. The third-order valence-corrected chi connectivity index (χ3v) is 2.35. The van der Waals surface area contributed by atoms with Crippen LogP contribution in [0.3, 0.4) is 0 Å². The van der Waals surface area contributed by atoms with Crippen LogP contribution in [-0.4, -0.2) is 31.1 Å². The lowest BCUT2D eigenvalue weighted by atomic mass is 10.1. The number of carbonyl (C=O) groups excluding carboxylic acids is 2. The molecule has 0 aliphatic rings. The summed E-state index contributed by atoms with van der Waals surface area (Å²) < 4.78 is 10.1. The molecule has 18 heavy (non-hydrogen) atoms. The van der Waals surface area contributed by atoms with Crippen LogP contribution in [0.2, 0.25) is 0 Å². The van der Waals surface area contributed by atoms with Crippen LogP contribution in [0.1, 0.15) is 30.6 Å². The molecule has 0 aliphatic heterocycles. The molecule has 1 unspecified atom stereocenters. The lowest BCUT2D eigenvalue weighted by Gasteiger charge is -2.11. The van der Waals surface area contributed by atoms with Crippen LogP contribution in [0.5, 0.6) is 0 Å². The highest BCUT2D eigenvalue weighted by molar-refractivity contribution is 5.97. The van der Waals surface area contributed by atoms with Gasteiger partial charge < -0.3 is 9.47 Å². The molecule has 0 heterocycles. The molecule has 0 radical (unpaired) electrons. The van der Waals surface area contributed by atoms with Crippen molar-refractivity contribution in [2.45, 2.75) is 26.4 Å². The molecule has 4 heteroatoms. The second-order valence-corrected chi connectivity index (χ2v) is 3.92. The molecule has 0 saturated carbocycles. The maximum absolute atomic E-state index is 11.7. The molecular weight excluding hydrogens is 232 g/mol. The van der Waals surface area contributed by atoms with E-state index in [2.05, 4.69) is 0 Å². The number of hydrogen-bond acceptors (Lipinski definition) is 4. The number of benzene rings is 1. The van der Waals surface area contributed by atoms with Crippen LogP contribution in [-0.2, 0) is 14.3 Å². The summed E-state index contributed by atoms with van der Waals surface area (Å²) in [6, 6.07) is 8.93. The monoisotopic (exact) mass is 250 g/mol. The SMILES string of the molecule is CCOC(=O)CC(C)OCC(=O)c1ccccc1. The highest BCUT2D eigenvalue weighted by Gasteiger charge is 2.12. The van der Waals surface area contributed by atoms with Crippen molar-refractivity contribution in [2.75, 3.05) is 13.2 Å². The summed E-state index contributed by atoms with van der Waals surface area (Å²) in [4.78, 5) is 22.9. The first-order valence-electron chi connectivity index (χ1n) is 5.99. The van der Waals surface area contributed by atoms with E-state index in [-0.39, 0.29) is 30.9 Å². The van der Waals surface area contributed by atoms with E-state index in [9.17, 15) is 9.59 Å². The molecule has 0 bridgehead atoms. The second kappa shape index (κ2) is 7.61. The van der Waals surface area contributed by atoms with Crippen LogP contribution in [0.25, 0.3) is 0 Å². The Labute approximate surface area is 107 Å². The highest BCUT2D eigenvalue weighted by Crippen LogP contribution is 2.04. The average molecular weight is 250 g/mol. The quantitative estimate of drug-likeness (QED) is 0.550. The van der Waals surface area contributed by atoms with E-state index < -0.39 is 0 Å². The van der Waals surface area contributed by atoms with Gasteiger partial charge in [-0.15, -0.1) is 0 Å². The number of hydrogen-bond donors (Lipinski definition) is 0. The van der Waals surface area contributed by atoms with Gasteiger partial charge in [0, 0.05) is 5.56 Å². The fourth-order valence-corrected chi connectivity index (χ4v) is 1.44. The molecule has 0 spiro atoms. The van der Waals surface area contributed by atoms with Crippen LogP contribution in [0.4, 0.5) is 0 Å². The average Bonchev–Trinajstić information content (AvgIpc) is 2.37. The van der Waals surface area contributed by atoms with Crippen LogP contribution >= 0.6 is 0 Å². The van der Waals surface area contributed by atoms with E-state index in [0.717, 1.165) is 0 Å². The number of ketones is 1. The molecule has 1 atom stereocenters. The Bertz CT molecular complexity index is 386. The minimum absolute atomic E-state index is 0.0232. The summed E-state index contributed by atoms with van der Waals surface area (Å²) >= 11 is 0. The molecule has 4 nitrogen and oxygen atoms in total. The zero-order chi connectivity index (χ0) is 13.4. The van der Waals surface area contributed by atoms with Crippen molar-refractivity contribution in [3.63, 3.8) is 0 Å². The molecule has 0 aromatic heterocycles. The first-order chi connectivity index (χ1) is 8.63. The van der Waals surface area contributed by atoms with E-state index in [1.54, 1.807) is 38.1 Å². The minimum atomic E-state index is -0.322. The minimum Gasteiger partial charge on any atom is -0.466 e. The van der Waals surface area contributed by atoms with Crippen molar-refractivity contribution in [3.8, 4) is 0 Å². The van der Waals surface area contributed by atoms with Crippen LogP contribution in [0.15, 0.2) is 30.3 Å². The van der Waals surface area contributed by atoms with Crippen molar-refractivity contribution >= 4 is 11.8 Å². The molecule has 1 aromatic carbocycles. The molecule has 1 aromatic rings. The normalized spacial score (nSPS) is 11.9. The summed E-state index contributed by atoms with van der Waals surface area (Å²) in [5, 5.41) is 0. The molecule has 0 fully saturated rings. The number of carbonyl (C=O) groups is 2. The van der Waals surface area contributed by atoms with Crippen LogP contribution in [0, 0.1) is 0 Å². The first-order valence-corrected chi connectivity index (χ1v) is 5.99. The van der Waals surface area contributed by atoms with Crippen LogP contribution < -0.4 is 0 Å². The highest BCUT2D eigenvalue weighted by atomic mass is 16.5. The lowest BCUT2D eigenvalue weighted by molar-refractivity contribution is -0.145. The van der Waals surface area contributed by atoms with Gasteiger partial charge in [-0.25, -0.2) is 0 Å². The summed E-state index contributed by atoms with van der Waals surface area (Å²) in [6.45, 7) is 3.83. The molecule has 0 amide bonds. The molecule has 1 rings (SSSR count). The van der Waals surface area contributed by atoms with Crippen molar-refractivity contribution in [1.82, 2.24) is 0 Å². The zero-order valence-electron chi connectivity index (χ0n) is 10.7. The zero-order valence-corrected chi connectivity index (χ0v) is 10.7. The number of esters is 1. The summed E-state index contributed by atoms with van der Waals surface area (Å²) in [5.41, 5.74) is 0.612. The Morgan fingerprint density at radius 2 is 1.89 bits per heavy atom. The third-order valence-electron chi connectivity index (χ3n) is 2.35. The van der Waals surface area contributed by atoms with Gasteiger partial charge >= 0.3 is 5.97 Å². The first kappa shape index (κ1) is 14.4. The van der Waals surface area contributed by atoms with E-state index in [4.69, 9.17) is 9.47 Å². The van der Waals surface area contributed by atoms with E-state index in [1.165, 1.54) is 0 Å². The Hall–Kier alpha value is -1.68. The van der Waals surface area contributed by atoms with Gasteiger partial charge in [-0.2, -0.15) is 0 Å². The van der Waals surface area contributed by atoms with Crippen molar-refractivity contribution in [1.29, 1.82) is 0 Å². The lowest BCUT2D eigenvalue weighted by Crippen LogP contribution is -2.20. The van der Waals surface area contributed by atoms with Gasteiger partial charge in [0.1, 0.15) is 6.61 Å². The fraction of sp³-hybridized carbons (Fsp3) is 0.429. The predicted octanol–water partition coefficient (Wildman–Crippen LogP) is 2.23. The van der Waals surface area contributed by atoms with Gasteiger partial charge in [0.2, 0.25) is 0 Å². The molecular formula is C14H18O4. The Balaban J connectivity index is 2.32. The van der Waals surface area contributed by atoms with Gasteiger partial charge in [0.15, 0.2) is 5.78 Å². The number of ether oxygens (including phenoxy) is 2. The van der Waals surface area contributed by atoms with Gasteiger partial charge in [-0.1, -0.05) is 30.3 Å². The van der Waals surface area contributed by atoms with E-state index >= 15 is 0 Å². The van der Waals surface area contributed by atoms with Crippen molar-refractivity contribution in [3.05, 3.63) is 35.9 Å². The number of rotatable bonds is 7. The molecule has 0 saturated heterocycles. The molecule has 0 aliphatic carbocycles. The standard InChI is InChI=1S/C14H18O4/c1-3-17-14(16)9-11(2)18-10-13(15)12-7-5-4-6-8-12/h4-8,11H,3,9-10H2,1-2H3. The third kappa shape index (κ3) is 5.10. The Morgan fingerprint density at radius 1 is 1.22 bits per heavy atom. The largest absolute Gasteiger partial charge is 0.466 e. The molecule has 0 N–H and O–H groups in total. The van der Waals surface area contributed by atoms with Crippen molar-refractivity contribution < 1.29 is 19.1 Å². The van der Waals surface area contributed by atoms with Gasteiger partial charge in [0.25, 0.3) is 0 Å². The maximum Gasteiger partial charge on any atom is 0.308 e. The summed E-state index contributed by atoms with van der Waals surface area (Å²) in [5.74, 6) is -0.400. The molecule has 98 valence electrons. The fourth-order valence-electron chi connectivity index (χ4n) is 1.44. The van der Waals surface area contributed by atoms with Gasteiger partial charge in [-0.3, -0.25) is 9.59 Å². The summed E-state index contributed by atoms with van der Waals surface area (Å²) in [7, 11) is 0. The van der Waals surface area contributed by atoms with Crippen molar-refractivity contribution in [2.24, 2.45) is 0 Å². The number of Topliss-reactive ketones (excluding diaryl/α,β-unsaturated/α-hetero) is 1.